The van der Waals surface area contributed by atoms with Crippen LogP contribution in [0.1, 0.15) is 149 Å². The Morgan fingerprint density at radius 2 is 1.21 bits per heavy atom. The summed E-state index contributed by atoms with van der Waals surface area (Å²) in [5, 5.41) is 30.6. The highest BCUT2D eigenvalue weighted by Gasteiger charge is 2.48. The predicted molar refractivity (Wildman–Crippen MR) is 225 cm³/mol. The molecule has 330 valence electrons. The number of unbranched alkanes of at least 4 members (excludes halogenated alkanes) is 13. The van der Waals surface area contributed by atoms with E-state index >= 15 is 0 Å². The monoisotopic (exact) mass is 829 g/mol. The Morgan fingerprint density at radius 1 is 0.684 bits per heavy atom. The van der Waals surface area contributed by atoms with E-state index in [1.165, 1.54) is 19.3 Å². The molecule has 0 aromatic rings. The van der Waals surface area contributed by atoms with Crippen molar-refractivity contribution in [3.63, 3.8) is 0 Å². The fourth-order valence-corrected chi connectivity index (χ4v) is 6.64. The van der Waals surface area contributed by atoms with Crippen molar-refractivity contribution in [2.24, 2.45) is 0 Å². The van der Waals surface area contributed by atoms with Gasteiger partial charge in [0.1, 0.15) is 30.5 Å². The average Bonchev–Trinajstić information content (AvgIpc) is 3.18. The van der Waals surface area contributed by atoms with E-state index in [1.54, 1.807) is 0 Å². The van der Waals surface area contributed by atoms with Gasteiger partial charge in [0.15, 0.2) is 6.29 Å². The van der Waals surface area contributed by atoms with Crippen molar-refractivity contribution in [1.82, 2.24) is 0 Å². The van der Waals surface area contributed by atoms with Crippen LogP contribution in [-0.4, -0.2) is 97.5 Å². The third-order valence-electron chi connectivity index (χ3n) is 9.35. The van der Waals surface area contributed by atoms with Crippen molar-refractivity contribution < 1.29 is 56.2 Å². The van der Waals surface area contributed by atoms with Crippen molar-refractivity contribution in [2.45, 2.75) is 185 Å². The Kier molecular flexibility index (Phi) is 33.1. The van der Waals surface area contributed by atoms with Crippen molar-refractivity contribution in [2.75, 3.05) is 26.4 Å². The van der Waals surface area contributed by atoms with Gasteiger partial charge >= 0.3 is 16.4 Å². The second kappa shape index (κ2) is 35.7. The lowest BCUT2D eigenvalue weighted by Crippen LogP contribution is -2.60. The second-order valence-corrected chi connectivity index (χ2v) is 15.6. The Bertz CT molecular complexity index is 1230. The van der Waals surface area contributed by atoms with Crippen LogP contribution in [0.2, 0.25) is 0 Å². The highest BCUT2D eigenvalue weighted by atomic mass is 32.3. The first-order valence-electron chi connectivity index (χ1n) is 21.5. The van der Waals surface area contributed by atoms with Crippen molar-refractivity contribution in [3.05, 3.63) is 60.8 Å². The number of aliphatic hydroxyl groups excluding tert-OH is 3. The molecular weight excluding hydrogens is 753 g/mol. The number of carbonyl (C=O) groups excluding carboxylic acids is 1. The molecule has 1 aliphatic rings. The molecule has 1 saturated heterocycles. The molecule has 0 aliphatic carbocycles. The van der Waals surface area contributed by atoms with Gasteiger partial charge in [0.25, 0.3) is 0 Å². The molecule has 1 aliphatic heterocycles. The number of hydrogen-bond donors (Lipinski definition) is 4. The molecule has 0 bridgehead atoms. The number of rotatable bonds is 36. The van der Waals surface area contributed by atoms with Gasteiger partial charge in [0, 0.05) is 13.0 Å². The summed E-state index contributed by atoms with van der Waals surface area (Å²) in [6, 6.07) is 0. The molecule has 0 saturated carbocycles. The average molecular weight is 829 g/mol. The molecule has 4 N–H and O–H groups in total. The van der Waals surface area contributed by atoms with Crippen molar-refractivity contribution >= 4 is 16.4 Å². The first-order valence-corrected chi connectivity index (χ1v) is 22.9. The van der Waals surface area contributed by atoms with Crippen LogP contribution in [0, 0.1) is 0 Å². The molecule has 12 nitrogen and oxygen atoms in total. The summed E-state index contributed by atoms with van der Waals surface area (Å²) in [7, 11) is -5.06. The van der Waals surface area contributed by atoms with E-state index in [-0.39, 0.29) is 19.6 Å². The number of esters is 1. The fraction of sp³-hybridized carbons (Fsp3) is 0.750. The van der Waals surface area contributed by atoms with E-state index in [0.29, 0.717) is 13.0 Å². The Morgan fingerprint density at radius 3 is 1.79 bits per heavy atom. The van der Waals surface area contributed by atoms with Gasteiger partial charge in [0.2, 0.25) is 0 Å². The summed E-state index contributed by atoms with van der Waals surface area (Å²) < 4.78 is 58.9. The zero-order chi connectivity index (χ0) is 41.8. The molecule has 57 heavy (non-hydrogen) atoms. The largest absolute Gasteiger partial charge is 0.457 e. The fourth-order valence-electron chi connectivity index (χ4n) is 6.13. The van der Waals surface area contributed by atoms with Crippen LogP contribution < -0.4 is 0 Å². The zero-order valence-corrected chi connectivity index (χ0v) is 35.7. The van der Waals surface area contributed by atoms with E-state index in [4.69, 9.17) is 23.5 Å². The van der Waals surface area contributed by atoms with Gasteiger partial charge in [-0.1, -0.05) is 132 Å². The van der Waals surface area contributed by atoms with Gasteiger partial charge in [0.05, 0.1) is 19.8 Å². The first kappa shape index (κ1) is 52.8. The molecule has 0 aromatic heterocycles. The summed E-state index contributed by atoms with van der Waals surface area (Å²) in [6.07, 6.45) is 34.1. The third kappa shape index (κ3) is 29.6. The number of carbonyl (C=O) groups is 1. The lowest BCUT2D eigenvalue weighted by atomic mass is 9.99. The van der Waals surface area contributed by atoms with Gasteiger partial charge < -0.3 is 34.3 Å². The second-order valence-electron chi connectivity index (χ2n) is 14.5. The topological polar surface area (TPSA) is 178 Å². The number of ether oxygens (including phenoxy) is 4. The standard InChI is InChI=1S/C44H76O12S/c1-3-5-7-9-11-13-15-16-17-18-19-20-21-22-23-24-26-28-30-32-34-52-36-38(54-40(46)33-31-29-27-25-14-12-10-8-6-4-2)37-53-44-42(48)43(56-57(49,50)51)41(47)39(35-45)55-44/h5,7-8,10-11,13,16-17,19-20,38-39,41-45,47-48H,3-4,6,9,12,14-15,18,21-37H2,1-2H3,(H,49,50,51)/b7-5-,10-8-,13-11-,17-16-,20-19-. The maximum Gasteiger partial charge on any atom is 0.397 e. The smallest absolute Gasteiger partial charge is 0.397 e. The summed E-state index contributed by atoms with van der Waals surface area (Å²) in [6.45, 7) is 3.75. The quantitative estimate of drug-likeness (QED) is 0.0205. The normalized spacial score (nSPS) is 21.3. The van der Waals surface area contributed by atoms with Gasteiger partial charge in [-0.2, -0.15) is 8.42 Å². The molecule has 0 spiro atoms. The first-order chi connectivity index (χ1) is 27.6. The van der Waals surface area contributed by atoms with Crippen LogP contribution in [0.5, 0.6) is 0 Å². The van der Waals surface area contributed by atoms with Gasteiger partial charge in [-0.05, 0) is 70.6 Å². The van der Waals surface area contributed by atoms with E-state index < -0.39 is 59.8 Å². The van der Waals surface area contributed by atoms with E-state index in [9.17, 15) is 28.5 Å². The molecule has 1 fully saturated rings. The molecule has 1 rings (SSSR count). The molecule has 13 heteroatoms. The SMILES string of the molecule is CC/C=C\C/C=C\C/C=C\C/C=C\CCCCCCCCCOCC(COC1OC(CO)C(O)C(OS(=O)(=O)O)C1O)OC(=O)CCCCCCC/C=C\CCC. The third-order valence-corrected chi connectivity index (χ3v) is 9.82. The van der Waals surface area contributed by atoms with Crippen LogP contribution in [-0.2, 0) is 38.3 Å². The van der Waals surface area contributed by atoms with Crippen LogP contribution in [0.15, 0.2) is 60.8 Å². The maximum absolute atomic E-state index is 12.8. The highest BCUT2D eigenvalue weighted by Crippen LogP contribution is 2.26. The Balaban J connectivity index is 2.42. The summed E-state index contributed by atoms with van der Waals surface area (Å²) in [5.41, 5.74) is 0. The molecule has 0 amide bonds. The number of allylic oxidation sites excluding steroid dienone is 10. The van der Waals surface area contributed by atoms with Gasteiger partial charge in [-0.3, -0.25) is 9.35 Å². The Hall–Kier alpha value is -2.20. The Labute approximate surface area is 344 Å². The van der Waals surface area contributed by atoms with E-state index in [0.717, 1.165) is 103 Å². The van der Waals surface area contributed by atoms with Gasteiger partial charge in [-0.15, -0.1) is 0 Å². The molecule has 0 aromatic carbocycles. The zero-order valence-electron chi connectivity index (χ0n) is 34.9. The summed E-state index contributed by atoms with van der Waals surface area (Å²) in [4.78, 5) is 12.8. The van der Waals surface area contributed by atoms with Crippen molar-refractivity contribution in [3.8, 4) is 0 Å². The number of aliphatic hydroxyl groups is 3. The number of hydrogen-bond acceptors (Lipinski definition) is 11. The minimum atomic E-state index is -5.06. The van der Waals surface area contributed by atoms with Crippen LogP contribution >= 0.6 is 0 Å². The lowest BCUT2D eigenvalue weighted by molar-refractivity contribution is -0.301. The van der Waals surface area contributed by atoms with Crippen LogP contribution in [0.3, 0.4) is 0 Å². The van der Waals surface area contributed by atoms with Crippen molar-refractivity contribution in [1.29, 1.82) is 0 Å². The predicted octanol–water partition coefficient (Wildman–Crippen LogP) is 8.57. The molecule has 0 radical (unpaired) electrons. The maximum atomic E-state index is 12.8. The molecule has 6 unspecified atom stereocenters. The minimum Gasteiger partial charge on any atom is -0.457 e. The van der Waals surface area contributed by atoms with Crippen LogP contribution in [0.4, 0.5) is 0 Å². The molecule has 1 heterocycles. The van der Waals surface area contributed by atoms with Crippen LogP contribution in [0.25, 0.3) is 0 Å². The minimum absolute atomic E-state index is 0.0222. The summed E-state index contributed by atoms with van der Waals surface area (Å²) >= 11 is 0. The molecule has 6 atom stereocenters. The van der Waals surface area contributed by atoms with E-state index in [1.807, 2.05) is 0 Å². The highest BCUT2D eigenvalue weighted by molar-refractivity contribution is 7.80. The molecular formula is C44H76O12S. The van der Waals surface area contributed by atoms with E-state index in [2.05, 4.69) is 78.8 Å². The van der Waals surface area contributed by atoms with Gasteiger partial charge in [-0.25, -0.2) is 4.18 Å². The lowest BCUT2D eigenvalue weighted by Gasteiger charge is -2.41. The summed E-state index contributed by atoms with van der Waals surface area (Å²) in [5.74, 6) is -0.418.